The van der Waals surface area contributed by atoms with E-state index in [4.69, 9.17) is 4.74 Å². The van der Waals surface area contributed by atoms with Gasteiger partial charge in [0, 0.05) is 19.1 Å². The quantitative estimate of drug-likeness (QED) is 0.833. The molecule has 4 nitrogen and oxygen atoms in total. The molecule has 0 bridgehead atoms. The number of fused-ring (bicyclic) bond motifs is 2. The van der Waals surface area contributed by atoms with Crippen LogP contribution >= 0.6 is 0 Å². The van der Waals surface area contributed by atoms with Gasteiger partial charge in [0.2, 0.25) is 0 Å². The number of sulfone groups is 1. The van der Waals surface area contributed by atoms with Crippen LogP contribution in [-0.2, 0) is 20.0 Å². The Labute approximate surface area is 120 Å². The van der Waals surface area contributed by atoms with Crippen molar-refractivity contribution in [3.05, 3.63) is 29.8 Å². The maximum Gasteiger partial charge on any atom is 0.178 e. The Morgan fingerprint density at radius 2 is 2.20 bits per heavy atom. The van der Waals surface area contributed by atoms with Crippen molar-refractivity contribution in [3.63, 3.8) is 0 Å². The fourth-order valence-corrected chi connectivity index (χ4v) is 5.19. The van der Waals surface area contributed by atoms with E-state index >= 15 is 0 Å². The third kappa shape index (κ3) is 2.28. The number of nitrogens with one attached hydrogen (secondary N) is 1. The molecule has 1 spiro atoms. The van der Waals surface area contributed by atoms with Crippen LogP contribution in [0, 0.1) is 5.92 Å². The molecule has 1 N–H and O–H groups in total. The Morgan fingerprint density at radius 3 is 3.00 bits per heavy atom. The van der Waals surface area contributed by atoms with Gasteiger partial charge in [-0.15, -0.1) is 0 Å². The molecule has 1 aliphatic heterocycles. The predicted octanol–water partition coefficient (Wildman–Crippen LogP) is 1.36. The number of rotatable bonds is 5. The zero-order chi connectivity index (χ0) is 14.2. The van der Waals surface area contributed by atoms with Gasteiger partial charge in [0.05, 0.1) is 17.3 Å². The van der Waals surface area contributed by atoms with Crippen molar-refractivity contribution in [3.8, 4) is 0 Å². The summed E-state index contributed by atoms with van der Waals surface area (Å²) >= 11 is 0. The Bertz CT molecular complexity index is 599. The third-order valence-electron chi connectivity index (χ3n) is 4.68. The Hall–Kier alpha value is -0.910. The molecule has 2 atom stereocenters. The number of hydrogen-bond donors (Lipinski definition) is 1. The minimum Gasteiger partial charge on any atom is -0.383 e. The summed E-state index contributed by atoms with van der Waals surface area (Å²) in [4.78, 5) is 0.561. The zero-order valence-corrected chi connectivity index (χ0v) is 12.6. The highest BCUT2D eigenvalue weighted by Gasteiger charge is 2.58. The summed E-state index contributed by atoms with van der Waals surface area (Å²) in [6.07, 6.45) is 1.86. The summed E-state index contributed by atoms with van der Waals surface area (Å²) < 4.78 is 29.3. The number of hydrogen-bond acceptors (Lipinski definition) is 4. The maximum atomic E-state index is 12.2. The zero-order valence-electron chi connectivity index (χ0n) is 11.8. The minimum atomic E-state index is -3.07. The maximum absolute atomic E-state index is 12.2. The van der Waals surface area contributed by atoms with E-state index in [0.29, 0.717) is 23.2 Å². The lowest BCUT2D eigenvalue weighted by atomic mass is 9.90. The SMILES string of the molecule is COCCNCC1CC12CCS(=O)(=O)c1ccccc12. The lowest BCUT2D eigenvalue weighted by molar-refractivity contribution is 0.199. The standard InChI is InChI=1S/C15H21NO3S/c1-19-8-7-16-11-12-10-15(12)6-9-20(17,18)14-5-3-2-4-13(14)15/h2-5,12,16H,6-11H2,1H3. The second-order valence-corrected chi connectivity index (χ2v) is 7.90. The molecule has 0 amide bonds. The first-order chi connectivity index (χ1) is 9.60. The number of benzene rings is 1. The molecule has 20 heavy (non-hydrogen) atoms. The van der Waals surface area contributed by atoms with Crippen LogP contribution in [0.5, 0.6) is 0 Å². The van der Waals surface area contributed by atoms with Gasteiger partial charge in [-0.3, -0.25) is 0 Å². The molecule has 1 aromatic carbocycles. The van der Waals surface area contributed by atoms with Crippen LogP contribution < -0.4 is 5.32 Å². The van der Waals surface area contributed by atoms with Crippen LogP contribution in [0.25, 0.3) is 0 Å². The van der Waals surface area contributed by atoms with Crippen molar-refractivity contribution in [2.75, 3.05) is 32.6 Å². The summed E-state index contributed by atoms with van der Waals surface area (Å²) in [5.74, 6) is 0.842. The molecular formula is C15H21NO3S. The van der Waals surface area contributed by atoms with Crippen molar-refractivity contribution in [2.24, 2.45) is 5.92 Å². The normalized spacial score (nSPS) is 30.1. The summed E-state index contributed by atoms with van der Waals surface area (Å²) in [5, 5.41) is 3.40. The molecule has 1 aromatic rings. The lowest BCUT2D eigenvalue weighted by Gasteiger charge is -2.26. The van der Waals surface area contributed by atoms with Gasteiger partial charge in [-0.1, -0.05) is 18.2 Å². The van der Waals surface area contributed by atoms with Crippen molar-refractivity contribution in [2.45, 2.75) is 23.2 Å². The molecule has 0 saturated heterocycles. The minimum absolute atomic E-state index is 0.0992. The van der Waals surface area contributed by atoms with Crippen LogP contribution in [0.3, 0.4) is 0 Å². The Morgan fingerprint density at radius 1 is 1.40 bits per heavy atom. The Kier molecular flexibility index (Phi) is 3.60. The smallest absolute Gasteiger partial charge is 0.178 e. The van der Waals surface area contributed by atoms with Gasteiger partial charge in [-0.05, 0) is 36.9 Å². The van der Waals surface area contributed by atoms with Gasteiger partial charge in [0.25, 0.3) is 0 Å². The molecule has 1 fully saturated rings. The van der Waals surface area contributed by atoms with Crippen LogP contribution in [0.15, 0.2) is 29.2 Å². The van der Waals surface area contributed by atoms with Gasteiger partial charge >= 0.3 is 0 Å². The first-order valence-corrected chi connectivity index (χ1v) is 8.77. The van der Waals surface area contributed by atoms with E-state index < -0.39 is 9.84 Å². The van der Waals surface area contributed by atoms with E-state index in [0.717, 1.165) is 31.5 Å². The predicted molar refractivity (Wildman–Crippen MR) is 77.6 cm³/mol. The Balaban J connectivity index is 1.77. The highest BCUT2D eigenvalue weighted by molar-refractivity contribution is 7.91. The van der Waals surface area contributed by atoms with E-state index in [9.17, 15) is 8.42 Å². The molecule has 2 aliphatic rings. The topological polar surface area (TPSA) is 55.4 Å². The van der Waals surface area contributed by atoms with Crippen LogP contribution in [0.4, 0.5) is 0 Å². The van der Waals surface area contributed by atoms with E-state index in [1.165, 1.54) is 0 Å². The molecule has 1 saturated carbocycles. The summed E-state index contributed by atoms with van der Waals surface area (Å²) in [6, 6.07) is 7.54. The van der Waals surface area contributed by atoms with E-state index in [1.54, 1.807) is 13.2 Å². The second-order valence-electron chi connectivity index (χ2n) is 5.82. The molecule has 1 aliphatic carbocycles. The molecule has 3 rings (SSSR count). The van der Waals surface area contributed by atoms with Gasteiger partial charge in [-0.25, -0.2) is 8.42 Å². The highest BCUT2D eigenvalue weighted by atomic mass is 32.2. The summed E-state index contributed by atoms with van der Waals surface area (Å²) in [6.45, 7) is 2.51. The van der Waals surface area contributed by atoms with Gasteiger partial charge in [-0.2, -0.15) is 0 Å². The van der Waals surface area contributed by atoms with Crippen LogP contribution in [0.2, 0.25) is 0 Å². The summed E-state index contributed by atoms with van der Waals surface area (Å²) in [7, 11) is -1.37. The average molecular weight is 295 g/mol. The van der Waals surface area contributed by atoms with E-state index in [2.05, 4.69) is 5.32 Å². The van der Waals surface area contributed by atoms with Crippen molar-refractivity contribution in [1.29, 1.82) is 0 Å². The van der Waals surface area contributed by atoms with Crippen molar-refractivity contribution in [1.82, 2.24) is 5.32 Å². The van der Waals surface area contributed by atoms with E-state index in [-0.39, 0.29) is 5.41 Å². The molecule has 2 unspecified atom stereocenters. The lowest BCUT2D eigenvalue weighted by Crippen LogP contribution is -2.30. The average Bonchev–Trinajstić information content (AvgIpc) is 3.15. The number of methoxy groups -OCH3 is 1. The molecule has 5 heteroatoms. The van der Waals surface area contributed by atoms with Crippen LogP contribution in [0.1, 0.15) is 18.4 Å². The molecule has 1 heterocycles. The van der Waals surface area contributed by atoms with Crippen molar-refractivity contribution < 1.29 is 13.2 Å². The molecule has 0 radical (unpaired) electrons. The largest absolute Gasteiger partial charge is 0.383 e. The monoisotopic (exact) mass is 295 g/mol. The van der Waals surface area contributed by atoms with Gasteiger partial charge in [0.15, 0.2) is 9.84 Å². The first kappa shape index (κ1) is 14.0. The number of ether oxygens (including phenoxy) is 1. The van der Waals surface area contributed by atoms with Crippen LogP contribution in [-0.4, -0.2) is 41.0 Å². The van der Waals surface area contributed by atoms with E-state index in [1.807, 2.05) is 18.2 Å². The molecule has 0 aromatic heterocycles. The fraction of sp³-hybridized carbons (Fsp3) is 0.600. The molecule has 110 valence electrons. The third-order valence-corrected chi connectivity index (χ3v) is 6.45. The van der Waals surface area contributed by atoms with Crippen molar-refractivity contribution >= 4 is 9.84 Å². The highest BCUT2D eigenvalue weighted by Crippen LogP contribution is 2.60. The van der Waals surface area contributed by atoms with Gasteiger partial charge < -0.3 is 10.1 Å². The summed E-state index contributed by atoms with van der Waals surface area (Å²) in [5.41, 5.74) is 1.15. The fourth-order valence-electron chi connectivity index (χ4n) is 3.45. The first-order valence-electron chi connectivity index (χ1n) is 7.12. The second kappa shape index (κ2) is 5.13. The molecular weight excluding hydrogens is 274 g/mol. The van der Waals surface area contributed by atoms with Gasteiger partial charge in [0.1, 0.15) is 0 Å².